The minimum atomic E-state index is -0.556. The number of primary amides is 1. The lowest BCUT2D eigenvalue weighted by Crippen LogP contribution is -2.20. The molecule has 0 fully saturated rings. The summed E-state index contributed by atoms with van der Waals surface area (Å²) in [7, 11) is 0. The van der Waals surface area contributed by atoms with E-state index in [1.165, 1.54) is 0 Å². The Bertz CT molecular complexity index is 692. The molecule has 0 spiro atoms. The molecular formula is C15H13Cl3N2O2. The number of nitrogens with two attached hydrogens (primary N) is 1. The fourth-order valence-corrected chi connectivity index (χ4v) is 2.48. The van der Waals surface area contributed by atoms with Crippen LogP contribution in [0.2, 0.25) is 15.1 Å². The van der Waals surface area contributed by atoms with Crippen LogP contribution in [0.4, 0.5) is 5.69 Å². The molecule has 0 aliphatic rings. The molecule has 0 radical (unpaired) electrons. The number of benzene rings is 2. The summed E-state index contributed by atoms with van der Waals surface area (Å²) in [6, 6.07) is 10.5. The van der Waals surface area contributed by atoms with Crippen LogP contribution >= 0.6 is 34.8 Å². The van der Waals surface area contributed by atoms with Crippen molar-refractivity contribution in [2.75, 3.05) is 11.9 Å². The van der Waals surface area contributed by atoms with E-state index in [-0.39, 0.29) is 6.61 Å². The summed E-state index contributed by atoms with van der Waals surface area (Å²) in [5.74, 6) is -0.145. The van der Waals surface area contributed by atoms with E-state index >= 15 is 0 Å². The second-order valence-electron chi connectivity index (χ2n) is 4.50. The summed E-state index contributed by atoms with van der Waals surface area (Å²) in [6.07, 6.45) is 0. The Labute approximate surface area is 143 Å². The number of hydrogen-bond donors (Lipinski definition) is 2. The molecule has 0 saturated carbocycles. The van der Waals surface area contributed by atoms with Crippen molar-refractivity contribution in [3.8, 4) is 5.75 Å². The summed E-state index contributed by atoms with van der Waals surface area (Å²) in [6.45, 7) is 0.314. The Hall–Kier alpha value is -1.62. The van der Waals surface area contributed by atoms with Crippen LogP contribution in [0, 0.1) is 0 Å². The summed E-state index contributed by atoms with van der Waals surface area (Å²) < 4.78 is 5.19. The van der Waals surface area contributed by atoms with E-state index in [0.29, 0.717) is 27.4 Å². The highest BCUT2D eigenvalue weighted by atomic mass is 35.5. The minimum absolute atomic E-state index is 0.211. The second-order valence-corrected chi connectivity index (χ2v) is 5.75. The minimum Gasteiger partial charge on any atom is -0.482 e. The quantitative estimate of drug-likeness (QED) is 0.815. The van der Waals surface area contributed by atoms with Gasteiger partial charge in [-0.25, -0.2) is 0 Å². The lowest BCUT2D eigenvalue weighted by atomic mass is 10.2. The number of carbonyl (C=O) groups excluding carboxylic acids is 1. The first-order valence-electron chi connectivity index (χ1n) is 6.34. The van der Waals surface area contributed by atoms with Gasteiger partial charge in [0.2, 0.25) is 0 Å². The van der Waals surface area contributed by atoms with Crippen LogP contribution in [-0.2, 0) is 11.3 Å². The van der Waals surface area contributed by atoms with Crippen molar-refractivity contribution in [1.82, 2.24) is 0 Å². The smallest absolute Gasteiger partial charge is 0.255 e. The van der Waals surface area contributed by atoms with Gasteiger partial charge in [-0.1, -0.05) is 40.9 Å². The number of ether oxygens (including phenoxy) is 1. The number of carbonyl (C=O) groups is 1. The van der Waals surface area contributed by atoms with Crippen molar-refractivity contribution in [3.63, 3.8) is 0 Å². The number of hydrogen-bond acceptors (Lipinski definition) is 3. The van der Waals surface area contributed by atoms with Gasteiger partial charge < -0.3 is 15.8 Å². The molecule has 0 aliphatic heterocycles. The normalized spacial score (nSPS) is 10.3. The third-order valence-electron chi connectivity index (χ3n) is 2.78. The fraction of sp³-hybridized carbons (Fsp3) is 0.133. The average molecular weight is 360 g/mol. The Morgan fingerprint density at radius 2 is 1.86 bits per heavy atom. The molecule has 3 N–H and O–H groups in total. The molecule has 116 valence electrons. The number of nitrogens with one attached hydrogen (secondary N) is 1. The predicted octanol–water partition coefficient (Wildman–Crippen LogP) is 4.12. The van der Waals surface area contributed by atoms with E-state index in [1.54, 1.807) is 30.3 Å². The van der Waals surface area contributed by atoms with Gasteiger partial charge in [0.05, 0.1) is 15.7 Å². The van der Waals surface area contributed by atoms with Gasteiger partial charge in [0.15, 0.2) is 6.61 Å². The summed E-state index contributed by atoms with van der Waals surface area (Å²) in [4.78, 5) is 10.7. The lowest BCUT2D eigenvalue weighted by molar-refractivity contribution is -0.119. The van der Waals surface area contributed by atoms with Gasteiger partial charge in [-0.2, -0.15) is 0 Å². The lowest BCUT2D eigenvalue weighted by Gasteiger charge is -2.11. The first kappa shape index (κ1) is 16.7. The number of amides is 1. The van der Waals surface area contributed by atoms with Crippen LogP contribution < -0.4 is 15.8 Å². The Morgan fingerprint density at radius 3 is 2.50 bits per heavy atom. The predicted molar refractivity (Wildman–Crippen MR) is 89.9 cm³/mol. The van der Waals surface area contributed by atoms with E-state index in [9.17, 15) is 4.79 Å². The fourth-order valence-electron chi connectivity index (χ4n) is 1.75. The topological polar surface area (TPSA) is 64.4 Å². The van der Waals surface area contributed by atoms with Crippen molar-refractivity contribution in [2.24, 2.45) is 5.73 Å². The van der Waals surface area contributed by atoms with Crippen LogP contribution in [0.15, 0.2) is 36.4 Å². The molecule has 1 amide bonds. The van der Waals surface area contributed by atoms with Crippen LogP contribution in [0.5, 0.6) is 5.75 Å². The first-order valence-corrected chi connectivity index (χ1v) is 7.47. The van der Waals surface area contributed by atoms with Crippen molar-refractivity contribution >= 4 is 46.4 Å². The number of rotatable bonds is 6. The molecule has 2 rings (SSSR count). The third-order valence-corrected chi connectivity index (χ3v) is 3.62. The number of halogens is 3. The van der Waals surface area contributed by atoms with Gasteiger partial charge in [-0.15, -0.1) is 0 Å². The highest BCUT2D eigenvalue weighted by Gasteiger charge is 2.06. The first-order chi connectivity index (χ1) is 10.5. The van der Waals surface area contributed by atoms with Crippen LogP contribution in [0.1, 0.15) is 5.56 Å². The van der Waals surface area contributed by atoms with Crippen molar-refractivity contribution in [3.05, 3.63) is 57.0 Å². The summed E-state index contributed by atoms with van der Waals surface area (Å²) in [5, 5.41) is 4.71. The number of anilines is 1. The molecule has 2 aromatic rings. The molecule has 0 aromatic heterocycles. The highest BCUT2D eigenvalue weighted by molar-refractivity contribution is 6.36. The van der Waals surface area contributed by atoms with Crippen molar-refractivity contribution in [2.45, 2.75) is 6.54 Å². The van der Waals surface area contributed by atoms with Gasteiger partial charge in [-0.3, -0.25) is 4.79 Å². The highest BCUT2D eigenvalue weighted by Crippen LogP contribution is 2.28. The molecule has 0 bridgehead atoms. The Morgan fingerprint density at radius 1 is 1.09 bits per heavy atom. The summed E-state index contributed by atoms with van der Waals surface area (Å²) >= 11 is 18.0. The SMILES string of the molecule is NC(=O)COc1ccc(CNc2ccc(Cl)cc2Cl)cc1Cl. The molecular weight excluding hydrogens is 347 g/mol. The molecule has 0 atom stereocenters. The zero-order valence-corrected chi connectivity index (χ0v) is 13.7. The molecule has 4 nitrogen and oxygen atoms in total. The van der Waals surface area contributed by atoms with Gasteiger partial charge in [0, 0.05) is 11.6 Å². The van der Waals surface area contributed by atoms with E-state index in [2.05, 4.69) is 5.32 Å². The van der Waals surface area contributed by atoms with Crippen LogP contribution in [-0.4, -0.2) is 12.5 Å². The maximum absolute atomic E-state index is 10.7. The van der Waals surface area contributed by atoms with Crippen molar-refractivity contribution in [1.29, 1.82) is 0 Å². The molecule has 0 heterocycles. The molecule has 7 heteroatoms. The second kappa shape index (κ2) is 7.58. The maximum Gasteiger partial charge on any atom is 0.255 e. The van der Waals surface area contributed by atoms with E-state index in [0.717, 1.165) is 11.3 Å². The van der Waals surface area contributed by atoms with Gasteiger partial charge in [0.25, 0.3) is 5.91 Å². The van der Waals surface area contributed by atoms with E-state index < -0.39 is 5.91 Å². The monoisotopic (exact) mass is 358 g/mol. The molecule has 2 aromatic carbocycles. The Kier molecular flexibility index (Phi) is 5.77. The van der Waals surface area contributed by atoms with Gasteiger partial charge in [-0.05, 0) is 35.9 Å². The Balaban J connectivity index is 2.01. The molecule has 0 aliphatic carbocycles. The largest absolute Gasteiger partial charge is 0.482 e. The van der Waals surface area contributed by atoms with Crippen LogP contribution in [0.25, 0.3) is 0 Å². The molecule has 0 saturated heterocycles. The maximum atomic E-state index is 10.7. The molecule has 0 unspecified atom stereocenters. The summed E-state index contributed by atoms with van der Waals surface area (Å²) in [5.41, 5.74) is 6.73. The average Bonchev–Trinajstić information content (AvgIpc) is 2.45. The standard InChI is InChI=1S/C15H13Cl3N2O2/c16-10-2-3-13(11(17)6-10)20-7-9-1-4-14(12(18)5-9)22-8-15(19)21/h1-6,20H,7-8H2,(H2,19,21). The van der Waals surface area contributed by atoms with Crippen LogP contribution in [0.3, 0.4) is 0 Å². The van der Waals surface area contributed by atoms with Crippen molar-refractivity contribution < 1.29 is 9.53 Å². The van der Waals surface area contributed by atoms with Gasteiger partial charge in [0.1, 0.15) is 5.75 Å². The van der Waals surface area contributed by atoms with E-state index in [4.69, 9.17) is 45.3 Å². The van der Waals surface area contributed by atoms with E-state index in [1.807, 2.05) is 6.07 Å². The van der Waals surface area contributed by atoms with Gasteiger partial charge >= 0.3 is 0 Å². The molecule has 22 heavy (non-hydrogen) atoms. The third kappa shape index (κ3) is 4.70. The zero-order valence-electron chi connectivity index (χ0n) is 11.4. The zero-order chi connectivity index (χ0) is 16.1.